The fourth-order valence-electron chi connectivity index (χ4n) is 12.7. The van der Waals surface area contributed by atoms with Crippen molar-refractivity contribution < 1.29 is 8.83 Å². The molecule has 74 heavy (non-hydrogen) atoms. The predicted octanol–water partition coefficient (Wildman–Crippen LogP) is 19.1. The van der Waals surface area contributed by atoms with E-state index in [0.717, 1.165) is 94.5 Å². The molecule has 2 aliphatic carbocycles. The van der Waals surface area contributed by atoms with Crippen LogP contribution in [0.2, 0.25) is 0 Å². The first kappa shape index (κ1) is 42.1. The van der Waals surface area contributed by atoms with E-state index in [4.69, 9.17) is 8.83 Å². The van der Waals surface area contributed by atoms with Gasteiger partial charge >= 0.3 is 0 Å². The molecule has 0 bridgehead atoms. The Hall–Kier alpha value is -9.64. The van der Waals surface area contributed by atoms with E-state index in [2.05, 4.69) is 248 Å². The number of hydrogen-bond donors (Lipinski definition) is 0. The molecule has 0 N–H and O–H groups in total. The summed E-state index contributed by atoms with van der Waals surface area (Å²) in [6.45, 7) is 6.35. The Bertz CT molecular complexity index is 4440. The molecule has 2 aromatic heterocycles. The Morgan fingerprint density at radius 1 is 0.432 bits per heavy atom. The highest BCUT2D eigenvalue weighted by molar-refractivity contribution is 6.16. The lowest BCUT2D eigenvalue weighted by atomic mass is 9.70. The van der Waals surface area contributed by atoms with Crippen LogP contribution in [0.1, 0.15) is 33.6 Å². The first-order valence-electron chi connectivity index (χ1n) is 25.4. The first-order valence-corrected chi connectivity index (χ1v) is 25.4. The summed E-state index contributed by atoms with van der Waals surface area (Å²) >= 11 is 0. The molecule has 0 atom stereocenters. The van der Waals surface area contributed by atoms with Crippen LogP contribution in [-0.2, 0) is 5.41 Å². The summed E-state index contributed by atoms with van der Waals surface area (Å²) in [6.07, 6.45) is 3.93. The molecule has 1 spiro atoms. The maximum Gasteiger partial charge on any atom is 0.159 e. The zero-order valence-corrected chi connectivity index (χ0v) is 40.6. The Labute approximate surface area is 428 Å². The third kappa shape index (κ3) is 5.91. The Balaban J connectivity index is 1.02. The van der Waals surface area contributed by atoms with Crippen molar-refractivity contribution in [1.82, 2.24) is 0 Å². The molecule has 13 aromatic rings. The van der Waals surface area contributed by atoms with Crippen molar-refractivity contribution in [3.8, 4) is 22.3 Å². The van der Waals surface area contributed by atoms with Gasteiger partial charge in [0.25, 0.3) is 0 Å². The molecule has 11 aromatic carbocycles. The lowest BCUT2D eigenvalue weighted by Crippen LogP contribution is -2.26. The van der Waals surface area contributed by atoms with Gasteiger partial charge in [0.1, 0.15) is 11.2 Å². The van der Waals surface area contributed by atoms with Crippen molar-refractivity contribution in [2.45, 2.75) is 12.3 Å². The third-order valence-electron chi connectivity index (χ3n) is 15.8. The monoisotopic (exact) mass is 946 g/mol. The minimum Gasteiger partial charge on any atom is -0.454 e. The van der Waals surface area contributed by atoms with Crippen LogP contribution in [0, 0.1) is 6.92 Å². The average molecular weight is 947 g/mol. The highest BCUT2D eigenvalue weighted by Gasteiger charge is 2.52. The largest absolute Gasteiger partial charge is 0.454 e. The summed E-state index contributed by atoms with van der Waals surface area (Å²) < 4.78 is 13.6. The van der Waals surface area contributed by atoms with Gasteiger partial charge in [0.15, 0.2) is 11.3 Å². The summed E-state index contributed by atoms with van der Waals surface area (Å²) in [5, 5.41) is 7.94. The number of anilines is 5. The van der Waals surface area contributed by atoms with Crippen molar-refractivity contribution >= 4 is 88.6 Å². The second-order valence-corrected chi connectivity index (χ2v) is 19.6. The van der Waals surface area contributed by atoms with Gasteiger partial charge in [-0.05, 0) is 146 Å². The minimum atomic E-state index is -0.660. The van der Waals surface area contributed by atoms with Crippen LogP contribution in [0.3, 0.4) is 0 Å². The van der Waals surface area contributed by atoms with E-state index in [1.165, 1.54) is 49.9 Å². The zero-order valence-electron chi connectivity index (χ0n) is 40.6. The molecule has 4 nitrogen and oxygen atoms in total. The van der Waals surface area contributed by atoms with Crippen LogP contribution in [-0.4, -0.2) is 0 Å². The summed E-state index contributed by atoms with van der Waals surface area (Å²) in [4.78, 5) is 4.74. The quantitative estimate of drug-likeness (QED) is 0.142. The number of furan rings is 2. The smallest absolute Gasteiger partial charge is 0.159 e. The molecule has 0 fully saturated rings. The normalized spacial score (nSPS) is 13.2. The van der Waals surface area contributed by atoms with Crippen molar-refractivity contribution in [2.75, 3.05) is 9.80 Å². The number of para-hydroxylation sites is 5. The van der Waals surface area contributed by atoms with Crippen LogP contribution in [0.5, 0.6) is 0 Å². The fraction of sp³-hybridized carbons (Fsp3) is 0.0286. The van der Waals surface area contributed by atoms with E-state index in [1.54, 1.807) is 0 Å². The molecule has 0 saturated heterocycles. The second-order valence-electron chi connectivity index (χ2n) is 19.6. The molecule has 2 heterocycles. The molecule has 4 heteroatoms. The van der Waals surface area contributed by atoms with Gasteiger partial charge in [-0.2, -0.15) is 0 Å². The number of hydrogen-bond acceptors (Lipinski definition) is 4. The number of fused-ring (bicyclic) bond motifs is 17. The molecule has 0 unspecified atom stereocenters. The lowest BCUT2D eigenvalue weighted by Gasteiger charge is -2.33. The standard InChI is InChI=1S/C70H46N2O2/c1-3-21-62(68-44(2)50-26-14-18-36-65(50)73-68)71(47-22-6-4-7-23-47)49-39-38-45-41-57-60(42-46(45)40-49)70(58-33-16-12-27-51(58)52-28-13-17-34-59(52)70)61-43-64(53-29-10-11-31-55(53)67(57)61)72(48-24-8-5-9-25-48)63-35-20-32-56-54-30-15-19-37-66(54)74-69(56)63/h3-43H,1H2,2H3/b62-21+. The predicted molar refractivity (Wildman–Crippen MR) is 307 cm³/mol. The lowest BCUT2D eigenvalue weighted by molar-refractivity contribution is 0.595. The summed E-state index contributed by atoms with van der Waals surface area (Å²) in [5.74, 6) is 0.807. The van der Waals surface area contributed by atoms with Gasteiger partial charge in [-0.3, -0.25) is 0 Å². The fourth-order valence-corrected chi connectivity index (χ4v) is 12.7. The number of benzene rings is 11. The van der Waals surface area contributed by atoms with Crippen molar-refractivity contribution in [2.24, 2.45) is 0 Å². The third-order valence-corrected chi connectivity index (χ3v) is 15.8. The van der Waals surface area contributed by atoms with E-state index < -0.39 is 5.41 Å². The van der Waals surface area contributed by atoms with Gasteiger partial charge in [-0.1, -0.05) is 176 Å². The highest BCUT2D eigenvalue weighted by atomic mass is 16.3. The van der Waals surface area contributed by atoms with Crippen LogP contribution in [0.4, 0.5) is 28.4 Å². The highest BCUT2D eigenvalue weighted by Crippen LogP contribution is 2.65. The molecular formula is C70H46N2O2. The number of rotatable bonds is 8. The van der Waals surface area contributed by atoms with E-state index >= 15 is 0 Å². The summed E-state index contributed by atoms with van der Waals surface area (Å²) in [5.41, 5.74) is 19.2. The second kappa shape index (κ2) is 16.2. The maximum absolute atomic E-state index is 6.86. The van der Waals surface area contributed by atoms with Crippen molar-refractivity contribution in [1.29, 1.82) is 0 Å². The molecular weight excluding hydrogens is 901 g/mol. The zero-order chi connectivity index (χ0) is 49.1. The van der Waals surface area contributed by atoms with Gasteiger partial charge in [0, 0.05) is 44.2 Å². The van der Waals surface area contributed by atoms with E-state index in [0.29, 0.717) is 0 Å². The average Bonchev–Trinajstić information content (AvgIpc) is 4.20. The number of nitrogens with zero attached hydrogens (tertiary/aromatic N) is 2. The SMILES string of the molecule is C=C/C=C(\c1oc2ccccc2c1C)N(c1ccccc1)c1ccc2cc3c(cc2c1)C1(c2ccccc2-c2ccccc21)c1cc(N(c2ccccc2)c2cccc4c2oc2ccccc24)c2ccccc2c1-3. The van der Waals surface area contributed by atoms with Gasteiger partial charge < -0.3 is 18.6 Å². The Morgan fingerprint density at radius 2 is 1.04 bits per heavy atom. The number of allylic oxidation sites excluding steroid dienone is 2. The molecule has 0 radical (unpaired) electrons. The van der Waals surface area contributed by atoms with Crippen LogP contribution in [0.25, 0.3) is 82.4 Å². The van der Waals surface area contributed by atoms with Crippen LogP contribution < -0.4 is 9.80 Å². The Kier molecular flexibility index (Phi) is 9.21. The Morgan fingerprint density at radius 3 is 1.76 bits per heavy atom. The maximum atomic E-state index is 6.86. The first-order chi connectivity index (χ1) is 36.6. The molecule has 348 valence electrons. The van der Waals surface area contributed by atoms with E-state index in [-0.39, 0.29) is 0 Å². The molecule has 0 amide bonds. The van der Waals surface area contributed by atoms with Gasteiger partial charge in [-0.25, -0.2) is 0 Å². The summed E-state index contributed by atoms with van der Waals surface area (Å²) in [7, 11) is 0. The molecule has 0 saturated carbocycles. The van der Waals surface area contributed by atoms with Gasteiger partial charge in [0.2, 0.25) is 0 Å². The molecule has 15 rings (SSSR count). The summed E-state index contributed by atoms with van der Waals surface area (Å²) in [6, 6.07) is 86.1. The van der Waals surface area contributed by atoms with E-state index in [9.17, 15) is 0 Å². The van der Waals surface area contributed by atoms with E-state index in [1.807, 2.05) is 24.3 Å². The van der Waals surface area contributed by atoms with Crippen LogP contribution >= 0.6 is 0 Å². The van der Waals surface area contributed by atoms with Crippen molar-refractivity contribution in [3.05, 3.63) is 289 Å². The van der Waals surface area contributed by atoms with Gasteiger partial charge in [0.05, 0.1) is 22.5 Å². The molecule has 2 aliphatic rings. The molecule has 0 aliphatic heterocycles. The van der Waals surface area contributed by atoms with Gasteiger partial charge in [-0.15, -0.1) is 0 Å². The minimum absolute atomic E-state index is 0.660. The number of aryl methyl sites for hydroxylation is 1. The van der Waals surface area contributed by atoms with Crippen molar-refractivity contribution in [3.63, 3.8) is 0 Å². The topological polar surface area (TPSA) is 32.8 Å². The van der Waals surface area contributed by atoms with Crippen LogP contribution in [0.15, 0.2) is 264 Å².